The number of anilines is 1. The van der Waals surface area contributed by atoms with Gasteiger partial charge in [-0.1, -0.05) is 38.2 Å². The fourth-order valence-electron chi connectivity index (χ4n) is 3.71. The van der Waals surface area contributed by atoms with Crippen LogP contribution in [0, 0.1) is 10.1 Å². The molecule has 0 atom stereocenters. The van der Waals surface area contributed by atoms with Gasteiger partial charge in [0.2, 0.25) is 5.91 Å². The zero-order valence-corrected chi connectivity index (χ0v) is 14.9. The predicted molar refractivity (Wildman–Crippen MR) is 97.0 cm³/mol. The summed E-state index contributed by atoms with van der Waals surface area (Å²) in [7, 11) is 0. The van der Waals surface area contributed by atoms with E-state index in [1.807, 2.05) is 0 Å². The summed E-state index contributed by atoms with van der Waals surface area (Å²) in [5, 5.41) is 16.1. The Morgan fingerprint density at radius 1 is 1.19 bits per heavy atom. The van der Waals surface area contributed by atoms with Crippen molar-refractivity contribution >= 4 is 29.2 Å². The SMILES string of the molecule is O=C(CN1C(=O)NC2(CCCCCCC2)C1=O)Nc1cccc([N+](=O)[O-])c1. The van der Waals surface area contributed by atoms with E-state index in [2.05, 4.69) is 10.6 Å². The third-order valence-electron chi connectivity index (χ3n) is 5.10. The monoisotopic (exact) mass is 374 g/mol. The molecule has 0 unspecified atom stereocenters. The van der Waals surface area contributed by atoms with E-state index in [4.69, 9.17) is 0 Å². The van der Waals surface area contributed by atoms with Crippen LogP contribution in [-0.2, 0) is 9.59 Å². The van der Waals surface area contributed by atoms with Gasteiger partial charge in [-0.3, -0.25) is 24.6 Å². The Balaban J connectivity index is 1.67. The van der Waals surface area contributed by atoms with E-state index in [-0.39, 0.29) is 17.3 Å². The molecule has 0 radical (unpaired) electrons. The van der Waals surface area contributed by atoms with E-state index in [1.165, 1.54) is 24.3 Å². The predicted octanol–water partition coefficient (Wildman–Crippen LogP) is 2.57. The van der Waals surface area contributed by atoms with Gasteiger partial charge in [0, 0.05) is 17.8 Å². The Morgan fingerprint density at radius 2 is 1.85 bits per heavy atom. The second-order valence-electron chi connectivity index (χ2n) is 7.03. The smallest absolute Gasteiger partial charge is 0.324 e. The summed E-state index contributed by atoms with van der Waals surface area (Å²) in [4.78, 5) is 48.6. The zero-order chi connectivity index (χ0) is 19.4. The van der Waals surface area contributed by atoms with Gasteiger partial charge < -0.3 is 10.6 Å². The molecule has 144 valence electrons. The number of rotatable bonds is 4. The Morgan fingerprint density at radius 3 is 2.52 bits per heavy atom. The highest BCUT2D eigenvalue weighted by Gasteiger charge is 2.50. The lowest BCUT2D eigenvalue weighted by atomic mass is 9.84. The summed E-state index contributed by atoms with van der Waals surface area (Å²) >= 11 is 0. The van der Waals surface area contributed by atoms with Crippen molar-refractivity contribution in [2.24, 2.45) is 0 Å². The Hall–Kier alpha value is -2.97. The van der Waals surface area contributed by atoms with Crippen LogP contribution in [0.4, 0.5) is 16.2 Å². The van der Waals surface area contributed by atoms with Crippen LogP contribution >= 0.6 is 0 Å². The summed E-state index contributed by atoms with van der Waals surface area (Å²) in [6, 6.07) is 4.93. The molecule has 3 rings (SSSR count). The van der Waals surface area contributed by atoms with Crippen molar-refractivity contribution in [2.75, 3.05) is 11.9 Å². The van der Waals surface area contributed by atoms with E-state index in [1.54, 1.807) is 0 Å². The van der Waals surface area contributed by atoms with Gasteiger partial charge in [0.1, 0.15) is 12.1 Å². The molecule has 9 heteroatoms. The number of benzene rings is 1. The fraction of sp³-hybridized carbons (Fsp3) is 0.500. The van der Waals surface area contributed by atoms with Crippen molar-refractivity contribution in [3.8, 4) is 0 Å². The number of carbonyl (C=O) groups is 3. The second kappa shape index (κ2) is 7.73. The molecule has 1 saturated heterocycles. The maximum atomic E-state index is 12.9. The van der Waals surface area contributed by atoms with Crippen LogP contribution in [0.3, 0.4) is 0 Å². The maximum Gasteiger partial charge on any atom is 0.325 e. The van der Waals surface area contributed by atoms with Crippen LogP contribution in [0.25, 0.3) is 0 Å². The van der Waals surface area contributed by atoms with Crippen molar-refractivity contribution in [3.05, 3.63) is 34.4 Å². The number of imide groups is 1. The fourth-order valence-corrected chi connectivity index (χ4v) is 3.71. The van der Waals surface area contributed by atoms with Crippen molar-refractivity contribution in [2.45, 2.75) is 50.5 Å². The number of nitrogens with zero attached hydrogens (tertiary/aromatic N) is 2. The number of amides is 4. The minimum absolute atomic E-state index is 0.156. The lowest BCUT2D eigenvalue weighted by Crippen LogP contribution is -2.47. The average Bonchev–Trinajstić information content (AvgIpc) is 2.83. The van der Waals surface area contributed by atoms with E-state index < -0.39 is 28.9 Å². The summed E-state index contributed by atoms with van der Waals surface area (Å²) in [6.07, 6.45) is 6.07. The van der Waals surface area contributed by atoms with Gasteiger partial charge in [0.15, 0.2) is 0 Å². The molecule has 1 aromatic carbocycles. The molecule has 2 aliphatic rings. The first-order chi connectivity index (χ1) is 12.9. The van der Waals surface area contributed by atoms with Crippen LogP contribution in [0.15, 0.2) is 24.3 Å². The Bertz CT molecular complexity index is 771. The lowest BCUT2D eigenvalue weighted by molar-refractivity contribution is -0.384. The highest BCUT2D eigenvalue weighted by atomic mass is 16.6. The number of hydrogen-bond donors (Lipinski definition) is 2. The standard InChI is InChI=1S/C18H22N4O5/c23-15(19-13-7-6-8-14(11-13)22(26)27)12-21-16(24)18(20-17(21)25)9-4-2-1-3-5-10-18/h6-8,11H,1-5,9-10,12H2,(H,19,23)(H,20,25). The van der Waals surface area contributed by atoms with E-state index in [9.17, 15) is 24.5 Å². The maximum absolute atomic E-state index is 12.9. The van der Waals surface area contributed by atoms with Gasteiger partial charge in [-0.15, -0.1) is 0 Å². The average molecular weight is 374 g/mol. The summed E-state index contributed by atoms with van der Waals surface area (Å²) in [5.74, 6) is -0.939. The van der Waals surface area contributed by atoms with E-state index >= 15 is 0 Å². The summed E-state index contributed by atoms with van der Waals surface area (Å²) in [5.41, 5.74) is -0.818. The second-order valence-corrected chi connectivity index (χ2v) is 7.03. The van der Waals surface area contributed by atoms with Crippen molar-refractivity contribution < 1.29 is 19.3 Å². The van der Waals surface area contributed by atoms with Crippen molar-refractivity contribution in [3.63, 3.8) is 0 Å². The topological polar surface area (TPSA) is 122 Å². The first-order valence-electron chi connectivity index (χ1n) is 9.10. The molecular weight excluding hydrogens is 352 g/mol. The first kappa shape index (κ1) is 18.8. The quantitative estimate of drug-likeness (QED) is 0.476. The minimum atomic E-state index is -0.899. The van der Waals surface area contributed by atoms with Crippen molar-refractivity contribution in [1.29, 1.82) is 0 Å². The largest absolute Gasteiger partial charge is 0.325 e. The van der Waals surface area contributed by atoms with Gasteiger partial charge in [0.05, 0.1) is 4.92 Å². The number of urea groups is 1. The highest BCUT2D eigenvalue weighted by molar-refractivity contribution is 6.10. The van der Waals surface area contributed by atoms with Crippen LogP contribution in [0.5, 0.6) is 0 Å². The van der Waals surface area contributed by atoms with Crippen LogP contribution in [0.2, 0.25) is 0 Å². The molecule has 9 nitrogen and oxygen atoms in total. The van der Waals surface area contributed by atoms with Gasteiger partial charge in [0.25, 0.3) is 11.6 Å². The molecule has 1 aliphatic carbocycles. The van der Waals surface area contributed by atoms with Gasteiger partial charge in [-0.2, -0.15) is 0 Å². The number of nitro benzene ring substituents is 1. The van der Waals surface area contributed by atoms with Crippen LogP contribution in [-0.4, -0.2) is 39.8 Å². The molecule has 2 fully saturated rings. The molecule has 27 heavy (non-hydrogen) atoms. The molecule has 1 aliphatic heterocycles. The molecule has 4 amide bonds. The Labute approximate surface area is 156 Å². The number of nitro groups is 1. The van der Waals surface area contributed by atoms with Crippen LogP contribution < -0.4 is 10.6 Å². The zero-order valence-electron chi connectivity index (χ0n) is 14.9. The number of non-ortho nitro benzene ring substituents is 1. The summed E-state index contributed by atoms with van der Waals surface area (Å²) in [6.45, 7) is -0.422. The van der Waals surface area contributed by atoms with Crippen molar-refractivity contribution in [1.82, 2.24) is 10.2 Å². The summed E-state index contributed by atoms with van der Waals surface area (Å²) < 4.78 is 0. The van der Waals surface area contributed by atoms with Gasteiger partial charge in [-0.25, -0.2) is 4.79 Å². The molecule has 1 heterocycles. The number of hydrogen-bond acceptors (Lipinski definition) is 5. The third-order valence-corrected chi connectivity index (χ3v) is 5.10. The highest BCUT2D eigenvalue weighted by Crippen LogP contribution is 2.32. The first-order valence-corrected chi connectivity index (χ1v) is 9.10. The minimum Gasteiger partial charge on any atom is -0.324 e. The lowest BCUT2D eigenvalue weighted by Gasteiger charge is -2.28. The molecule has 0 aromatic heterocycles. The molecular formula is C18H22N4O5. The van der Waals surface area contributed by atoms with Crippen LogP contribution in [0.1, 0.15) is 44.9 Å². The van der Waals surface area contributed by atoms with E-state index in [0.29, 0.717) is 12.8 Å². The molecule has 1 saturated carbocycles. The Kier molecular flexibility index (Phi) is 5.38. The third kappa shape index (κ3) is 4.07. The van der Waals surface area contributed by atoms with Gasteiger partial charge >= 0.3 is 6.03 Å². The normalized spacial score (nSPS) is 19.3. The van der Waals surface area contributed by atoms with E-state index in [0.717, 1.165) is 37.0 Å². The molecule has 1 aromatic rings. The number of carbonyl (C=O) groups excluding carboxylic acids is 3. The number of nitrogens with one attached hydrogen (secondary N) is 2. The molecule has 1 spiro atoms. The van der Waals surface area contributed by atoms with Gasteiger partial charge in [-0.05, 0) is 18.9 Å². The molecule has 2 N–H and O–H groups in total. The molecule has 0 bridgehead atoms.